The average Bonchev–Trinajstić information content (AvgIpc) is 2.93. The molecule has 0 aromatic heterocycles. The van der Waals surface area contributed by atoms with Crippen LogP contribution in [-0.2, 0) is 16.0 Å². The topological polar surface area (TPSA) is 78.4 Å². The Balaban J connectivity index is 1.91. The summed E-state index contributed by atoms with van der Waals surface area (Å²) in [5, 5.41) is 13.8. The highest BCUT2D eigenvalue weighted by Gasteiger charge is 2.28. The molecule has 2 amide bonds. The van der Waals surface area contributed by atoms with Crippen molar-refractivity contribution in [3.63, 3.8) is 0 Å². The number of aliphatic hydroxyl groups excluding tert-OH is 1. The number of aliphatic hydroxyl groups is 1. The van der Waals surface area contributed by atoms with E-state index in [4.69, 9.17) is 5.11 Å². The van der Waals surface area contributed by atoms with Gasteiger partial charge in [0, 0.05) is 24.3 Å². The molecule has 1 aromatic rings. The third-order valence-corrected chi connectivity index (χ3v) is 3.52. The third-order valence-electron chi connectivity index (χ3n) is 3.52. The number of carbonyl (C=O) groups is 2. The second kappa shape index (κ2) is 7.48. The zero-order valence-electron chi connectivity index (χ0n) is 12.6. The van der Waals surface area contributed by atoms with E-state index in [0.29, 0.717) is 6.42 Å². The van der Waals surface area contributed by atoms with E-state index < -0.39 is 24.4 Å². The number of halogens is 3. The van der Waals surface area contributed by atoms with Gasteiger partial charge in [0.15, 0.2) is 0 Å². The third kappa shape index (κ3) is 5.38. The maximum atomic E-state index is 12.4. The summed E-state index contributed by atoms with van der Waals surface area (Å²) in [6.07, 6.45) is -1.52. The van der Waals surface area contributed by atoms with E-state index in [9.17, 15) is 22.8 Å². The van der Waals surface area contributed by atoms with Crippen LogP contribution >= 0.6 is 0 Å². The molecule has 8 heteroatoms. The smallest absolute Gasteiger partial charge is 0.393 e. The van der Waals surface area contributed by atoms with Crippen LogP contribution in [0.1, 0.15) is 12.0 Å². The lowest BCUT2D eigenvalue weighted by molar-refractivity contribution is -0.136. The van der Waals surface area contributed by atoms with Crippen LogP contribution in [0.4, 0.5) is 18.9 Å². The van der Waals surface area contributed by atoms with Crippen molar-refractivity contribution < 1.29 is 27.9 Å². The zero-order valence-corrected chi connectivity index (χ0v) is 12.6. The largest absolute Gasteiger partial charge is 0.396 e. The van der Waals surface area contributed by atoms with Crippen LogP contribution in [-0.4, -0.2) is 35.7 Å². The van der Waals surface area contributed by atoms with Crippen LogP contribution in [0.2, 0.25) is 0 Å². The second-order valence-electron chi connectivity index (χ2n) is 5.59. The molecule has 0 aliphatic heterocycles. The van der Waals surface area contributed by atoms with Crippen LogP contribution in [0.3, 0.4) is 0 Å². The predicted molar refractivity (Wildman–Crippen MR) is 81.1 cm³/mol. The Labute approximate surface area is 136 Å². The molecule has 5 nitrogen and oxygen atoms in total. The first-order valence-corrected chi connectivity index (χ1v) is 7.33. The van der Waals surface area contributed by atoms with E-state index >= 15 is 0 Å². The van der Waals surface area contributed by atoms with Gasteiger partial charge < -0.3 is 15.7 Å². The highest BCUT2D eigenvalue weighted by Crippen LogP contribution is 2.23. The molecule has 0 unspecified atom stereocenters. The summed E-state index contributed by atoms with van der Waals surface area (Å²) in [4.78, 5) is 23.6. The van der Waals surface area contributed by atoms with Gasteiger partial charge in [-0.3, -0.25) is 9.59 Å². The van der Waals surface area contributed by atoms with Crippen LogP contribution in [0.15, 0.2) is 36.4 Å². The first kappa shape index (κ1) is 18.0. The Morgan fingerprint density at radius 3 is 2.58 bits per heavy atom. The number of amides is 2. The summed E-state index contributed by atoms with van der Waals surface area (Å²) in [6.45, 7) is -0.0406. The quantitative estimate of drug-likeness (QED) is 0.577. The van der Waals surface area contributed by atoms with Crippen LogP contribution < -0.4 is 10.6 Å². The van der Waals surface area contributed by atoms with Gasteiger partial charge in [0.1, 0.15) is 0 Å². The van der Waals surface area contributed by atoms with Crippen LogP contribution in [0.25, 0.3) is 0 Å². The summed E-state index contributed by atoms with van der Waals surface area (Å²) < 4.78 is 37.1. The molecule has 1 aromatic carbocycles. The van der Waals surface area contributed by atoms with Gasteiger partial charge in [-0.2, -0.15) is 13.2 Å². The van der Waals surface area contributed by atoms with Crippen molar-refractivity contribution in [1.29, 1.82) is 0 Å². The Bertz CT molecular complexity index is 644. The number of carbonyl (C=O) groups excluding carboxylic acids is 2. The SMILES string of the molecule is O=C(Nc1cccc(CC(F)(F)F)c1)C(=O)N[C@@H]1C=C[C@H](CO)C1. The minimum absolute atomic E-state index is 0.00905. The molecule has 0 heterocycles. The molecule has 24 heavy (non-hydrogen) atoms. The summed E-state index contributed by atoms with van der Waals surface area (Å²) >= 11 is 0. The minimum Gasteiger partial charge on any atom is -0.396 e. The van der Waals surface area contributed by atoms with Crippen molar-refractivity contribution >= 4 is 17.5 Å². The lowest BCUT2D eigenvalue weighted by Crippen LogP contribution is -2.40. The number of anilines is 1. The summed E-state index contributed by atoms with van der Waals surface area (Å²) in [5.74, 6) is -1.90. The van der Waals surface area contributed by atoms with E-state index in [0.717, 1.165) is 0 Å². The predicted octanol–water partition coefficient (Wildman–Crippen LogP) is 1.78. The number of hydrogen-bond acceptors (Lipinski definition) is 3. The molecule has 2 rings (SSSR count). The van der Waals surface area contributed by atoms with Crippen LogP contribution in [0, 0.1) is 5.92 Å². The van der Waals surface area contributed by atoms with Gasteiger partial charge in [-0.15, -0.1) is 0 Å². The number of nitrogens with one attached hydrogen (secondary N) is 2. The van der Waals surface area contributed by atoms with Gasteiger partial charge in [0.05, 0.1) is 6.42 Å². The highest BCUT2D eigenvalue weighted by atomic mass is 19.4. The summed E-state index contributed by atoms with van der Waals surface area (Å²) in [6, 6.07) is 4.90. The van der Waals surface area contributed by atoms with Crippen molar-refractivity contribution in [2.24, 2.45) is 5.92 Å². The van der Waals surface area contributed by atoms with Gasteiger partial charge in [-0.25, -0.2) is 0 Å². The van der Waals surface area contributed by atoms with Crippen molar-refractivity contribution in [3.05, 3.63) is 42.0 Å². The molecule has 0 radical (unpaired) electrons. The fraction of sp³-hybridized carbons (Fsp3) is 0.375. The molecule has 1 aliphatic carbocycles. The van der Waals surface area contributed by atoms with Gasteiger partial charge in [-0.1, -0.05) is 24.3 Å². The van der Waals surface area contributed by atoms with Crippen molar-refractivity contribution in [2.75, 3.05) is 11.9 Å². The highest BCUT2D eigenvalue weighted by molar-refractivity contribution is 6.39. The van der Waals surface area contributed by atoms with Gasteiger partial charge in [0.2, 0.25) is 0 Å². The molecular formula is C16H17F3N2O3. The van der Waals surface area contributed by atoms with E-state index in [1.807, 2.05) is 0 Å². The van der Waals surface area contributed by atoms with Crippen molar-refractivity contribution in [3.8, 4) is 0 Å². The lowest BCUT2D eigenvalue weighted by atomic mass is 10.1. The summed E-state index contributed by atoms with van der Waals surface area (Å²) in [5.41, 5.74) is 0.109. The number of hydrogen-bond donors (Lipinski definition) is 3. The summed E-state index contributed by atoms with van der Waals surface area (Å²) in [7, 11) is 0. The fourth-order valence-corrected chi connectivity index (χ4v) is 2.43. The van der Waals surface area contributed by atoms with E-state index in [1.165, 1.54) is 24.3 Å². The van der Waals surface area contributed by atoms with E-state index in [-0.39, 0.29) is 29.8 Å². The van der Waals surface area contributed by atoms with Crippen LogP contribution in [0.5, 0.6) is 0 Å². The molecule has 130 valence electrons. The molecular weight excluding hydrogens is 325 g/mol. The Morgan fingerprint density at radius 1 is 1.21 bits per heavy atom. The van der Waals surface area contributed by atoms with Gasteiger partial charge in [-0.05, 0) is 24.1 Å². The monoisotopic (exact) mass is 342 g/mol. The molecule has 1 aliphatic rings. The zero-order chi connectivity index (χ0) is 17.7. The molecule has 0 spiro atoms. The van der Waals surface area contributed by atoms with Crippen molar-refractivity contribution in [1.82, 2.24) is 5.32 Å². The second-order valence-corrected chi connectivity index (χ2v) is 5.59. The maximum Gasteiger partial charge on any atom is 0.393 e. The molecule has 2 atom stereocenters. The van der Waals surface area contributed by atoms with E-state index in [2.05, 4.69) is 10.6 Å². The maximum absolute atomic E-state index is 12.4. The average molecular weight is 342 g/mol. The van der Waals surface area contributed by atoms with E-state index in [1.54, 1.807) is 12.2 Å². The molecule has 3 N–H and O–H groups in total. The van der Waals surface area contributed by atoms with Gasteiger partial charge >= 0.3 is 18.0 Å². The Morgan fingerprint density at radius 2 is 1.96 bits per heavy atom. The molecule has 0 bridgehead atoms. The number of alkyl halides is 3. The Kier molecular flexibility index (Phi) is 5.61. The number of rotatable bonds is 4. The first-order valence-electron chi connectivity index (χ1n) is 7.33. The fourth-order valence-electron chi connectivity index (χ4n) is 2.43. The standard InChI is InChI=1S/C16H17F3N2O3/c17-16(18,19)8-10-2-1-3-12(6-10)20-14(23)15(24)21-13-5-4-11(7-13)9-22/h1-6,11,13,22H,7-9H2,(H,20,23)(H,21,24)/t11-,13+/m0/s1. The number of benzene rings is 1. The lowest BCUT2D eigenvalue weighted by Gasteiger charge is -2.13. The molecule has 0 fully saturated rings. The minimum atomic E-state index is -4.35. The Hall–Kier alpha value is -2.35. The molecule has 0 saturated carbocycles. The molecule has 0 saturated heterocycles. The first-order chi connectivity index (χ1) is 11.3. The normalized spacial score (nSPS) is 20.0. The van der Waals surface area contributed by atoms with Gasteiger partial charge in [0.25, 0.3) is 0 Å². The van der Waals surface area contributed by atoms with Crippen molar-refractivity contribution in [2.45, 2.75) is 25.1 Å².